The summed E-state index contributed by atoms with van der Waals surface area (Å²) in [6.07, 6.45) is 3.41. The number of allylic oxidation sites excluding steroid dienone is 4. The van der Waals surface area contributed by atoms with E-state index in [0.717, 1.165) is 11.8 Å². The molecule has 4 aromatic carbocycles. The van der Waals surface area contributed by atoms with Crippen LogP contribution in [-0.2, 0) is 52.8 Å². The van der Waals surface area contributed by atoms with Crippen LogP contribution in [0.5, 0.6) is 0 Å². The highest BCUT2D eigenvalue weighted by Gasteiger charge is 2.27. The zero-order chi connectivity index (χ0) is 36.3. The highest BCUT2D eigenvalue weighted by Crippen LogP contribution is 2.36. The molecule has 12 nitrogen and oxygen atoms in total. The van der Waals surface area contributed by atoms with Crippen molar-refractivity contribution < 1.29 is 44.1 Å². The number of nitrogens with one attached hydrogen (secondary N) is 1. The van der Waals surface area contributed by atoms with E-state index in [2.05, 4.69) is 5.32 Å². The molecule has 0 saturated heterocycles. The maximum atomic E-state index is 12.5. The van der Waals surface area contributed by atoms with Crippen molar-refractivity contribution in [2.75, 3.05) is 16.8 Å². The zero-order valence-electron chi connectivity index (χ0n) is 26.5. The predicted molar refractivity (Wildman–Crippen MR) is 191 cm³/mol. The lowest BCUT2D eigenvalue weighted by molar-refractivity contribution is -0.110. The van der Waals surface area contributed by atoms with Crippen molar-refractivity contribution in [3.8, 4) is 0 Å². The summed E-state index contributed by atoms with van der Waals surface area (Å²) in [5.41, 5.74) is 4.34. The van der Waals surface area contributed by atoms with Gasteiger partial charge in [-0.05, 0) is 93.6 Å². The summed E-state index contributed by atoms with van der Waals surface area (Å²) < 4.78 is 98.3. The molecule has 0 spiro atoms. The van der Waals surface area contributed by atoms with Gasteiger partial charge in [0.15, 0.2) is 5.78 Å². The number of anilines is 2. The molecule has 0 amide bonds. The lowest BCUT2D eigenvalue weighted by Crippen LogP contribution is -2.22. The number of hydrogen-bond acceptors (Lipinski definition) is 8. The van der Waals surface area contributed by atoms with Crippen molar-refractivity contribution in [3.63, 3.8) is 0 Å². The monoisotopic (exact) mass is 737 g/mol. The number of carbonyl (C=O) groups excluding carboxylic acids is 1. The van der Waals surface area contributed by atoms with Crippen LogP contribution in [-0.4, -0.2) is 47.4 Å². The Balaban J connectivity index is 1.49. The van der Waals surface area contributed by atoms with Gasteiger partial charge >= 0.3 is 10.5 Å². The Hall–Kier alpha value is -4.74. The summed E-state index contributed by atoms with van der Waals surface area (Å²) in [6.45, 7) is 3.05. The van der Waals surface area contributed by atoms with Crippen molar-refractivity contribution in [2.45, 2.75) is 29.8 Å². The quantitative estimate of drug-likeness (QED) is 0.0830. The lowest BCUT2D eigenvalue weighted by Gasteiger charge is -2.24. The third-order valence-corrected chi connectivity index (χ3v) is 10.5. The fourth-order valence-electron chi connectivity index (χ4n) is 5.43. The van der Waals surface area contributed by atoms with Crippen molar-refractivity contribution in [1.29, 1.82) is 0 Å². The lowest BCUT2D eigenvalue weighted by atomic mass is 9.90. The second kappa shape index (κ2) is 14.6. The van der Waals surface area contributed by atoms with Crippen molar-refractivity contribution >= 4 is 53.5 Å². The van der Waals surface area contributed by atoms with Crippen LogP contribution < -0.4 is 10.2 Å². The molecule has 0 atom stereocenters. The molecule has 0 radical (unpaired) electrons. The molecule has 0 fully saturated rings. The average molecular weight is 738 g/mol. The van der Waals surface area contributed by atoms with Crippen LogP contribution in [0.15, 0.2) is 136 Å². The van der Waals surface area contributed by atoms with E-state index in [-0.39, 0.29) is 21.9 Å². The molecule has 0 aromatic heterocycles. The van der Waals surface area contributed by atoms with Gasteiger partial charge in [-0.3, -0.25) is 13.9 Å². The Bertz CT molecular complexity index is 2290. The summed E-state index contributed by atoms with van der Waals surface area (Å²) in [5, 5.41) is 3.19. The molecular formula is C35H33N2O10S3+. The van der Waals surface area contributed by atoms with Gasteiger partial charge in [-0.25, -0.2) is 0 Å². The summed E-state index contributed by atoms with van der Waals surface area (Å²) in [7, 11) is -13.3. The standard InChI is InChI=1S/C35H32N2O10S3/c1-2-37(23-25-6-4-8-32(20-25)49(42,43)44)29-15-11-27(12-16-29)35(33-18-17-30(38)21-34(33)50(45,46)47)26-9-13-28(14-10-26)36-22-24-5-3-7-31(19-24)48(39,40)41/h3-21H,2,22-23H2,1H3,(H4-,36,38,39,40,41,42,43,44,45,46,47)/p+1. The van der Waals surface area contributed by atoms with Gasteiger partial charge in [0.1, 0.15) is 4.91 Å². The van der Waals surface area contributed by atoms with Crippen LogP contribution in [0.1, 0.15) is 29.2 Å². The van der Waals surface area contributed by atoms with Crippen LogP contribution in [0, 0.1) is 0 Å². The van der Waals surface area contributed by atoms with Gasteiger partial charge in [-0.1, -0.05) is 48.5 Å². The van der Waals surface area contributed by atoms with E-state index in [1.54, 1.807) is 60.7 Å². The Morgan fingerprint density at radius 3 is 2.00 bits per heavy atom. The third-order valence-electron chi connectivity index (χ3n) is 7.85. The maximum absolute atomic E-state index is 12.5. The summed E-state index contributed by atoms with van der Waals surface area (Å²) in [4.78, 5) is 13.3. The number of ketones is 1. The summed E-state index contributed by atoms with van der Waals surface area (Å²) in [5.74, 6) is -0.602. The Labute approximate surface area is 291 Å². The van der Waals surface area contributed by atoms with Gasteiger partial charge in [0.2, 0.25) is 4.90 Å². The van der Waals surface area contributed by atoms with Crippen molar-refractivity contribution in [3.05, 3.63) is 148 Å². The smallest absolute Gasteiger partial charge is 0.381 e. The molecule has 1 aliphatic carbocycles. The van der Waals surface area contributed by atoms with E-state index in [9.17, 15) is 44.1 Å². The van der Waals surface area contributed by atoms with E-state index in [1.807, 2.05) is 24.0 Å². The minimum Gasteiger partial charge on any atom is -0.381 e. The third kappa shape index (κ3) is 8.88. The fourth-order valence-corrected chi connectivity index (χ4v) is 7.25. The first-order valence-electron chi connectivity index (χ1n) is 15.0. The maximum Gasteiger partial charge on any atom is 0.386 e. The topological polar surface area (TPSA) is 199 Å². The van der Waals surface area contributed by atoms with Crippen LogP contribution in [0.25, 0.3) is 5.57 Å². The molecular weight excluding hydrogens is 705 g/mol. The molecule has 0 heterocycles. The first-order chi connectivity index (χ1) is 23.5. The molecule has 15 heteroatoms. The van der Waals surface area contributed by atoms with E-state index < -0.39 is 41.4 Å². The Kier molecular flexibility index (Phi) is 10.7. The van der Waals surface area contributed by atoms with E-state index >= 15 is 0 Å². The normalized spacial score (nSPS) is 14.7. The van der Waals surface area contributed by atoms with Gasteiger partial charge in [-0.15, -0.1) is 0 Å². The van der Waals surface area contributed by atoms with Crippen molar-refractivity contribution in [2.24, 2.45) is 0 Å². The van der Waals surface area contributed by atoms with Crippen LogP contribution >= 0.6 is 0 Å². The molecule has 1 aliphatic rings. The van der Waals surface area contributed by atoms with Gasteiger partial charge in [0, 0.05) is 48.7 Å². The molecule has 260 valence electrons. The highest BCUT2D eigenvalue weighted by atomic mass is 32.3. The predicted octanol–water partition coefficient (Wildman–Crippen LogP) is 6.09. The fraction of sp³-hybridized carbons (Fsp3) is 0.114. The van der Waals surface area contributed by atoms with Crippen LogP contribution in [0.4, 0.5) is 11.4 Å². The number of nitrogens with zero attached hydrogens (tertiary/aromatic N) is 1. The van der Waals surface area contributed by atoms with E-state index in [0.29, 0.717) is 46.6 Å². The number of rotatable bonds is 12. The number of hydrogen-bond donors (Lipinski definition) is 5. The second-order valence-corrected chi connectivity index (χ2v) is 15.5. The minimum atomic E-state index is -4.81. The summed E-state index contributed by atoms with van der Waals surface area (Å²) in [6, 6.07) is 26.1. The SMILES string of the molecule is CCN(Cc1cccc(S(=O)(=O)O)c1)c1ccc(C(=C2C=CC(=O)C=C2S(=O)(=O)O)c2ccc(NCc3cccc([S+](=O)(O)O)c3)cc2)cc1. The van der Waals surface area contributed by atoms with E-state index in [4.69, 9.17) is 0 Å². The van der Waals surface area contributed by atoms with Gasteiger partial charge in [-0.2, -0.15) is 25.9 Å². The second-order valence-electron chi connectivity index (χ2n) is 11.3. The van der Waals surface area contributed by atoms with Gasteiger partial charge in [0.05, 0.1) is 4.90 Å². The average Bonchev–Trinajstić information content (AvgIpc) is 3.07. The molecule has 50 heavy (non-hydrogen) atoms. The highest BCUT2D eigenvalue weighted by molar-refractivity contribution is 7.92. The number of benzene rings is 4. The molecule has 0 bridgehead atoms. The molecule has 5 N–H and O–H groups in total. The molecule has 0 aliphatic heterocycles. The van der Waals surface area contributed by atoms with Crippen molar-refractivity contribution in [1.82, 2.24) is 0 Å². The Morgan fingerprint density at radius 2 is 1.40 bits per heavy atom. The molecule has 5 rings (SSSR count). The Morgan fingerprint density at radius 1 is 0.780 bits per heavy atom. The van der Waals surface area contributed by atoms with E-state index in [1.165, 1.54) is 36.4 Å². The molecule has 0 saturated carbocycles. The first kappa shape index (κ1) is 36.5. The van der Waals surface area contributed by atoms with Gasteiger partial charge < -0.3 is 10.2 Å². The van der Waals surface area contributed by atoms with Gasteiger partial charge in [0.25, 0.3) is 20.2 Å². The largest absolute Gasteiger partial charge is 0.386 e. The molecule has 4 aromatic rings. The minimum absolute atomic E-state index is 0.100. The molecule has 0 unspecified atom stereocenters. The van der Waals surface area contributed by atoms with Crippen LogP contribution in [0.2, 0.25) is 0 Å². The first-order valence-corrected chi connectivity index (χ1v) is 19.4. The van der Waals surface area contributed by atoms with Crippen LogP contribution in [0.3, 0.4) is 0 Å². The zero-order valence-corrected chi connectivity index (χ0v) is 29.0. The summed E-state index contributed by atoms with van der Waals surface area (Å²) >= 11 is 0. The number of carbonyl (C=O) groups is 1.